The molecule has 0 amide bonds. The molecule has 16 heavy (non-hydrogen) atoms. The van der Waals surface area contributed by atoms with Gasteiger partial charge in [-0.1, -0.05) is 27.2 Å². The van der Waals surface area contributed by atoms with Gasteiger partial charge in [0.2, 0.25) is 0 Å². The molecule has 3 fully saturated rings. The third-order valence-electron chi connectivity index (χ3n) is 4.90. The van der Waals surface area contributed by atoms with Crippen molar-refractivity contribution in [2.45, 2.75) is 52.2 Å². The second kappa shape index (κ2) is 3.46. The van der Waals surface area contributed by atoms with Crippen LogP contribution in [0.1, 0.15) is 46.5 Å². The molecule has 2 aliphatic carbocycles. The first-order chi connectivity index (χ1) is 7.50. The maximum Gasteiger partial charge on any atom is 0.168 e. The van der Waals surface area contributed by atoms with Crippen LogP contribution in [-0.4, -0.2) is 19.0 Å². The molecule has 2 nitrogen and oxygen atoms in total. The molecule has 3 rings (SSSR count). The highest BCUT2D eigenvalue weighted by atomic mass is 16.7. The summed E-state index contributed by atoms with van der Waals surface area (Å²) < 4.78 is 12.2. The fourth-order valence-electron chi connectivity index (χ4n) is 3.81. The van der Waals surface area contributed by atoms with Crippen molar-refractivity contribution in [1.29, 1.82) is 0 Å². The lowest BCUT2D eigenvalue weighted by atomic mass is 9.92. The second-order valence-electron chi connectivity index (χ2n) is 7.04. The van der Waals surface area contributed by atoms with Gasteiger partial charge >= 0.3 is 0 Å². The van der Waals surface area contributed by atoms with Crippen molar-refractivity contribution < 1.29 is 9.47 Å². The summed E-state index contributed by atoms with van der Waals surface area (Å²) in [6, 6.07) is 0. The first kappa shape index (κ1) is 11.0. The average molecular weight is 224 g/mol. The number of hydrogen-bond acceptors (Lipinski definition) is 2. The monoisotopic (exact) mass is 224 g/mol. The van der Waals surface area contributed by atoms with Crippen LogP contribution in [0.5, 0.6) is 0 Å². The lowest BCUT2D eigenvalue weighted by Gasteiger charge is -2.42. The van der Waals surface area contributed by atoms with Crippen molar-refractivity contribution in [2.75, 3.05) is 13.2 Å². The largest absolute Gasteiger partial charge is 0.349 e. The fraction of sp³-hybridized carbons (Fsp3) is 1.00. The third kappa shape index (κ3) is 1.70. The zero-order chi connectivity index (χ0) is 11.4. The van der Waals surface area contributed by atoms with Crippen LogP contribution < -0.4 is 0 Å². The Kier molecular flexibility index (Phi) is 2.38. The van der Waals surface area contributed by atoms with Gasteiger partial charge in [0.25, 0.3) is 0 Å². The number of ether oxygens (including phenoxy) is 2. The van der Waals surface area contributed by atoms with Gasteiger partial charge in [-0.25, -0.2) is 0 Å². The van der Waals surface area contributed by atoms with Crippen molar-refractivity contribution >= 4 is 0 Å². The van der Waals surface area contributed by atoms with E-state index in [1.807, 2.05) is 0 Å². The lowest BCUT2D eigenvalue weighted by molar-refractivity contribution is -0.297. The number of rotatable bonds is 0. The molecule has 1 aliphatic heterocycles. The predicted molar refractivity (Wildman–Crippen MR) is 63.0 cm³/mol. The van der Waals surface area contributed by atoms with Crippen LogP contribution in [0, 0.1) is 23.2 Å². The van der Waals surface area contributed by atoms with Crippen molar-refractivity contribution in [2.24, 2.45) is 23.2 Å². The Bertz CT molecular complexity index is 274. The van der Waals surface area contributed by atoms with Gasteiger partial charge in [-0.3, -0.25) is 0 Å². The van der Waals surface area contributed by atoms with Crippen LogP contribution in [0.15, 0.2) is 0 Å². The molecule has 0 N–H and O–H groups in total. The van der Waals surface area contributed by atoms with Crippen molar-refractivity contribution in [3.63, 3.8) is 0 Å². The van der Waals surface area contributed by atoms with E-state index in [4.69, 9.17) is 9.47 Å². The van der Waals surface area contributed by atoms with Gasteiger partial charge in [0.15, 0.2) is 5.79 Å². The standard InChI is InChI=1S/C14H24O2/c1-10-4-5-11-6-14(7-12(10)11)15-8-13(2,3)9-16-14/h10-12H,4-9H2,1-3H3. The van der Waals surface area contributed by atoms with Crippen molar-refractivity contribution in [3.05, 3.63) is 0 Å². The van der Waals surface area contributed by atoms with Crippen molar-refractivity contribution in [3.8, 4) is 0 Å². The van der Waals surface area contributed by atoms with Crippen LogP contribution >= 0.6 is 0 Å². The first-order valence-corrected chi connectivity index (χ1v) is 6.78. The summed E-state index contributed by atoms with van der Waals surface area (Å²) in [6.07, 6.45) is 5.10. The van der Waals surface area contributed by atoms with Gasteiger partial charge < -0.3 is 9.47 Å². The molecule has 3 atom stereocenters. The van der Waals surface area contributed by atoms with E-state index in [-0.39, 0.29) is 11.2 Å². The summed E-state index contributed by atoms with van der Waals surface area (Å²) in [6.45, 7) is 8.56. The molecule has 2 saturated carbocycles. The van der Waals surface area contributed by atoms with Gasteiger partial charge in [-0.05, 0) is 24.2 Å². The van der Waals surface area contributed by atoms with E-state index in [0.717, 1.165) is 43.8 Å². The molecule has 2 heteroatoms. The first-order valence-electron chi connectivity index (χ1n) is 6.78. The Morgan fingerprint density at radius 3 is 2.31 bits per heavy atom. The summed E-state index contributed by atoms with van der Waals surface area (Å²) in [7, 11) is 0. The molecule has 0 aromatic carbocycles. The van der Waals surface area contributed by atoms with Crippen LogP contribution in [0.3, 0.4) is 0 Å². The molecule has 1 saturated heterocycles. The van der Waals surface area contributed by atoms with E-state index < -0.39 is 0 Å². The highest BCUT2D eigenvalue weighted by Crippen LogP contribution is 2.54. The molecule has 0 aromatic heterocycles. The highest BCUT2D eigenvalue weighted by Gasteiger charge is 2.53. The van der Waals surface area contributed by atoms with Crippen molar-refractivity contribution in [1.82, 2.24) is 0 Å². The number of hydrogen-bond donors (Lipinski definition) is 0. The quantitative estimate of drug-likeness (QED) is 0.629. The minimum absolute atomic E-state index is 0.195. The summed E-state index contributed by atoms with van der Waals surface area (Å²) >= 11 is 0. The second-order valence-corrected chi connectivity index (χ2v) is 7.04. The molecular weight excluding hydrogens is 200 g/mol. The molecule has 0 radical (unpaired) electrons. The Labute approximate surface area is 98.7 Å². The van der Waals surface area contributed by atoms with Crippen LogP contribution in [0.2, 0.25) is 0 Å². The minimum Gasteiger partial charge on any atom is -0.349 e. The Balaban J connectivity index is 1.69. The van der Waals surface area contributed by atoms with E-state index in [9.17, 15) is 0 Å². The summed E-state index contributed by atoms with van der Waals surface area (Å²) in [5.74, 6) is 2.42. The fourth-order valence-corrected chi connectivity index (χ4v) is 3.81. The minimum atomic E-state index is -0.195. The van der Waals surface area contributed by atoms with E-state index in [1.54, 1.807) is 0 Å². The zero-order valence-electron chi connectivity index (χ0n) is 10.8. The Hall–Kier alpha value is -0.0800. The zero-order valence-corrected chi connectivity index (χ0v) is 10.8. The van der Waals surface area contributed by atoms with E-state index >= 15 is 0 Å². The SMILES string of the molecule is CC1CCC2CC3(CC12)OCC(C)(C)CO3. The summed E-state index contributed by atoms with van der Waals surface area (Å²) in [5, 5.41) is 0. The molecule has 3 unspecified atom stereocenters. The maximum atomic E-state index is 6.10. The lowest BCUT2D eigenvalue weighted by Crippen LogP contribution is -2.46. The number of fused-ring (bicyclic) bond motifs is 1. The molecule has 0 bridgehead atoms. The Morgan fingerprint density at radius 2 is 1.69 bits per heavy atom. The van der Waals surface area contributed by atoms with Gasteiger partial charge in [0.1, 0.15) is 0 Å². The van der Waals surface area contributed by atoms with Crippen LogP contribution in [-0.2, 0) is 9.47 Å². The van der Waals surface area contributed by atoms with E-state index in [2.05, 4.69) is 20.8 Å². The van der Waals surface area contributed by atoms with Gasteiger partial charge in [0.05, 0.1) is 13.2 Å². The van der Waals surface area contributed by atoms with E-state index in [1.165, 1.54) is 12.8 Å². The normalized spacial score (nSPS) is 44.8. The molecule has 92 valence electrons. The molecule has 1 spiro atoms. The van der Waals surface area contributed by atoms with Gasteiger partial charge in [-0.15, -0.1) is 0 Å². The molecular formula is C14H24O2. The predicted octanol–water partition coefficient (Wildman–Crippen LogP) is 3.21. The van der Waals surface area contributed by atoms with Crippen LogP contribution in [0.25, 0.3) is 0 Å². The maximum absolute atomic E-state index is 6.10. The molecule has 3 aliphatic rings. The Morgan fingerprint density at radius 1 is 1.00 bits per heavy atom. The topological polar surface area (TPSA) is 18.5 Å². The summed E-state index contributed by atoms with van der Waals surface area (Å²) in [5.41, 5.74) is 0.203. The van der Waals surface area contributed by atoms with E-state index in [0.29, 0.717) is 0 Å². The van der Waals surface area contributed by atoms with Gasteiger partial charge in [-0.2, -0.15) is 0 Å². The smallest absolute Gasteiger partial charge is 0.168 e. The van der Waals surface area contributed by atoms with Gasteiger partial charge in [0, 0.05) is 18.3 Å². The highest BCUT2D eigenvalue weighted by molar-refractivity contribution is 4.97. The molecule has 1 heterocycles. The third-order valence-corrected chi connectivity index (χ3v) is 4.90. The molecule has 0 aromatic rings. The summed E-state index contributed by atoms with van der Waals surface area (Å²) in [4.78, 5) is 0. The average Bonchev–Trinajstić information content (AvgIpc) is 2.73. The van der Waals surface area contributed by atoms with Crippen LogP contribution in [0.4, 0.5) is 0 Å².